The van der Waals surface area contributed by atoms with E-state index in [1.807, 2.05) is 24.3 Å². The highest BCUT2D eigenvalue weighted by Crippen LogP contribution is 2.28. The minimum Gasteiger partial charge on any atom is -0.383 e. The van der Waals surface area contributed by atoms with Crippen molar-refractivity contribution in [1.82, 2.24) is 20.2 Å². The van der Waals surface area contributed by atoms with E-state index in [9.17, 15) is 0 Å². The zero-order valence-electron chi connectivity index (χ0n) is 12.1. The van der Waals surface area contributed by atoms with Gasteiger partial charge in [-0.25, -0.2) is 9.97 Å². The molecule has 114 valence electrons. The van der Waals surface area contributed by atoms with Crippen LogP contribution in [-0.2, 0) is 5.75 Å². The molecule has 0 aliphatic heterocycles. The summed E-state index contributed by atoms with van der Waals surface area (Å²) in [5.74, 6) is 1.85. The summed E-state index contributed by atoms with van der Waals surface area (Å²) in [6, 6.07) is 7.75. The number of benzene rings is 1. The highest BCUT2D eigenvalue weighted by molar-refractivity contribution is 8.00. The topological polar surface area (TPSA) is 89.6 Å². The summed E-state index contributed by atoms with van der Waals surface area (Å²) in [6.45, 7) is 3.02. The molecule has 8 heteroatoms. The summed E-state index contributed by atoms with van der Waals surface area (Å²) in [5.41, 5.74) is 6.86. The van der Waals surface area contributed by atoms with Gasteiger partial charge in [-0.3, -0.25) is 0 Å². The maximum absolute atomic E-state index is 5.99. The van der Waals surface area contributed by atoms with Crippen LogP contribution in [-0.4, -0.2) is 26.7 Å². The molecule has 3 rings (SSSR count). The molecule has 0 saturated heterocycles. The van der Waals surface area contributed by atoms with Crippen molar-refractivity contribution in [2.75, 3.05) is 17.6 Å². The molecule has 0 amide bonds. The molecule has 6 nitrogen and oxygen atoms in total. The smallest absolute Gasteiger partial charge is 0.206 e. The zero-order chi connectivity index (χ0) is 15.4. The lowest BCUT2D eigenvalue weighted by atomic mass is 10.2. The van der Waals surface area contributed by atoms with Gasteiger partial charge in [-0.2, -0.15) is 0 Å². The lowest BCUT2D eigenvalue weighted by Crippen LogP contribution is -1.99. The van der Waals surface area contributed by atoms with E-state index in [0.29, 0.717) is 17.4 Å². The van der Waals surface area contributed by atoms with Crippen LogP contribution < -0.4 is 11.1 Å². The van der Waals surface area contributed by atoms with Gasteiger partial charge in [0.05, 0.1) is 11.3 Å². The van der Waals surface area contributed by atoms with Crippen LogP contribution in [0.3, 0.4) is 0 Å². The molecule has 0 saturated carbocycles. The quantitative estimate of drug-likeness (QED) is 0.670. The van der Waals surface area contributed by atoms with Gasteiger partial charge in [-0.1, -0.05) is 42.2 Å². The van der Waals surface area contributed by atoms with Gasteiger partial charge >= 0.3 is 0 Å². The van der Waals surface area contributed by atoms with Crippen LogP contribution >= 0.6 is 23.1 Å². The van der Waals surface area contributed by atoms with E-state index in [1.54, 1.807) is 23.1 Å². The Labute approximate surface area is 136 Å². The molecule has 2 heterocycles. The van der Waals surface area contributed by atoms with Crippen molar-refractivity contribution in [3.63, 3.8) is 0 Å². The van der Waals surface area contributed by atoms with E-state index in [1.165, 1.54) is 0 Å². The largest absolute Gasteiger partial charge is 0.383 e. The Morgan fingerprint density at radius 3 is 2.95 bits per heavy atom. The predicted octanol–water partition coefficient (Wildman–Crippen LogP) is 3.18. The summed E-state index contributed by atoms with van der Waals surface area (Å²) in [6.07, 6.45) is 1.06. The minimum absolute atomic E-state index is 0.517. The molecule has 2 aromatic heterocycles. The third kappa shape index (κ3) is 3.45. The van der Waals surface area contributed by atoms with Gasteiger partial charge in [0.25, 0.3) is 0 Å². The molecular weight excluding hydrogens is 316 g/mol. The van der Waals surface area contributed by atoms with Crippen molar-refractivity contribution in [2.24, 2.45) is 0 Å². The summed E-state index contributed by atoms with van der Waals surface area (Å²) in [7, 11) is 0. The van der Waals surface area contributed by atoms with Gasteiger partial charge in [-0.15, -0.1) is 10.2 Å². The fourth-order valence-electron chi connectivity index (χ4n) is 1.91. The van der Waals surface area contributed by atoms with Crippen LogP contribution in [0.1, 0.15) is 19.2 Å². The molecule has 0 bridgehead atoms. The third-order valence-electron chi connectivity index (χ3n) is 2.94. The highest BCUT2D eigenvalue weighted by Gasteiger charge is 2.08. The average molecular weight is 332 g/mol. The van der Waals surface area contributed by atoms with E-state index in [-0.39, 0.29) is 0 Å². The SMILES string of the molecule is CCCNc1nnc(SCc2nc(N)c3ccccc3n2)s1. The second-order valence-corrected chi connectivity index (χ2v) is 6.83. The second kappa shape index (κ2) is 6.89. The van der Waals surface area contributed by atoms with Crippen molar-refractivity contribution in [2.45, 2.75) is 23.4 Å². The average Bonchev–Trinajstić information content (AvgIpc) is 2.99. The Balaban J connectivity index is 1.69. The van der Waals surface area contributed by atoms with E-state index in [0.717, 1.165) is 33.3 Å². The molecular formula is C14H16N6S2. The molecule has 0 fully saturated rings. The number of thioether (sulfide) groups is 1. The van der Waals surface area contributed by atoms with Gasteiger partial charge in [0.15, 0.2) is 4.34 Å². The summed E-state index contributed by atoms with van der Waals surface area (Å²) in [5, 5.41) is 13.2. The molecule has 0 aliphatic carbocycles. The van der Waals surface area contributed by atoms with Crippen LogP contribution in [0.5, 0.6) is 0 Å². The van der Waals surface area contributed by atoms with E-state index < -0.39 is 0 Å². The standard InChI is InChI=1S/C14H16N6S2/c1-2-7-16-13-19-20-14(22-13)21-8-11-17-10-6-4-3-5-9(10)12(15)18-11/h3-6H,2,7-8H2,1H3,(H,16,19)(H2,15,17,18). The van der Waals surface area contributed by atoms with Crippen molar-refractivity contribution < 1.29 is 0 Å². The van der Waals surface area contributed by atoms with Crippen molar-refractivity contribution in [3.8, 4) is 0 Å². The molecule has 0 aliphatic rings. The Kier molecular flexibility index (Phi) is 4.69. The monoisotopic (exact) mass is 332 g/mol. The zero-order valence-corrected chi connectivity index (χ0v) is 13.7. The van der Waals surface area contributed by atoms with Gasteiger partial charge in [0.2, 0.25) is 5.13 Å². The third-order valence-corrected chi connectivity index (χ3v) is 4.95. The lowest BCUT2D eigenvalue weighted by Gasteiger charge is -2.04. The van der Waals surface area contributed by atoms with Gasteiger partial charge in [-0.05, 0) is 18.6 Å². The van der Waals surface area contributed by atoms with Crippen LogP contribution in [0, 0.1) is 0 Å². The molecule has 0 atom stereocenters. The first-order chi connectivity index (χ1) is 10.8. The number of nitrogens with zero attached hydrogens (tertiary/aromatic N) is 4. The summed E-state index contributed by atoms with van der Waals surface area (Å²) in [4.78, 5) is 8.90. The Morgan fingerprint density at radius 2 is 2.09 bits per heavy atom. The number of fused-ring (bicyclic) bond motifs is 1. The number of anilines is 2. The van der Waals surface area contributed by atoms with E-state index in [2.05, 4.69) is 32.4 Å². The van der Waals surface area contributed by atoms with Gasteiger partial charge in [0.1, 0.15) is 11.6 Å². The molecule has 0 unspecified atom stereocenters. The fourth-order valence-corrected chi connectivity index (χ4v) is 3.55. The molecule has 3 N–H and O–H groups in total. The number of hydrogen-bond donors (Lipinski definition) is 2. The first-order valence-corrected chi connectivity index (χ1v) is 8.78. The summed E-state index contributed by atoms with van der Waals surface area (Å²) >= 11 is 3.11. The highest BCUT2D eigenvalue weighted by atomic mass is 32.2. The first-order valence-electron chi connectivity index (χ1n) is 6.97. The van der Waals surface area contributed by atoms with Crippen LogP contribution in [0.2, 0.25) is 0 Å². The van der Waals surface area contributed by atoms with E-state index >= 15 is 0 Å². The second-order valence-electron chi connectivity index (χ2n) is 4.63. The Hall–Kier alpha value is -1.93. The van der Waals surface area contributed by atoms with Gasteiger partial charge in [0, 0.05) is 11.9 Å². The number of hydrogen-bond acceptors (Lipinski definition) is 8. The van der Waals surface area contributed by atoms with Crippen molar-refractivity contribution in [1.29, 1.82) is 0 Å². The number of rotatable bonds is 6. The number of nitrogens with two attached hydrogens (primary N) is 1. The number of aromatic nitrogens is 4. The molecule has 0 spiro atoms. The van der Waals surface area contributed by atoms with Crippen LogP contribution in [0.25, 0.3) is 10.9 Å². The normalized spacial score (nSPS) is 11.0. The van der Waals surface area contributed by atoms with Crippen LogP contribution in [0.4, 0.5) is 10.9 Å². The van der Waals surface area contributed by atoms with Gasteiger partial charge < -0.3 is 11.1 Å². The number of nitrogen functional groups attached to an aromatic ring is 1. The first kappa shape index (κ1) is 15.0. The lowest BCUT2D eigenvalue weighted by molar-refractivity contribution is 0.950. The fraction of sp³-hybridized carbons (Fsp3) is 0.286. The minimum atomic E-state index is 0.517. The Morgan fingerprint density at radius 1 is 1.23 bits per heavy atom. The van der Waals surface area contributed by atoms with Crippen molar-refractivity contribution in [3.05, 3.63) is 30.1 Å². The maximum atomic E-state index is 5.99. The predicted molar refractivity (Wildman–Crippen MR) is 92.2 cm³/mol. The summed E-state index contributed by atoms with van der Waals surface area (Å²) < 4.78 is 0.897. The van der Waals surface area contributed by atoms with Crippen LogP contribution in [0.15, 0.2) is 28.6 Å². The molecule has 0 radical (unpaired) electrons. The molecule has 1 aromatic carbocycles. The number of para-hydroxylation sites is 1. The number of nitrogens with one attached hydrogen (secondary N) is 1. The molecule has 3 aromatic rings. The van der Waals surface area contributed by atoms with Crippen molar-refractivity contribution >= 4 is 45.0 Å². The molecule has 22 heavy (non-hydrogen) atoms. The Bertz CT molecular complexity index is 773. The van der Waals surface area contributed by atoms with E-state index in [4.69, 9.17) is 5.73 Å². The maximum Gasteiger partial charge on any atom is 0.206 e.